The van der Waals surface area contributed by atoms with Crippen molar-refractivity contribution < 1.29 is 22.0 Å². The largest absolute Gasteiger partial charge is 0.399 e. The summed E-state index contributed by atoms with van der Waals surface area (Å²) < 4.78 is 51.6. The molecule has 3 aromatic rings. The number of hydrogen-bond donors (Lipinski definition) is 0. The van der Waals surface area contributed by atoms with Gasteiger partial charge in [-0.2, -0.15) is 9.19 Å². The van der Waals surface area contributed by atoms with E-state index in [1.807, 2.05) is 0 Å². The minimum absolute atomic E-state index is 0.0538. The molecule has 0 saturated carbocycles. The SMILES string of the molecule is CO/N=C(/c1ccc2c(cnn2S(C)(=O)=O)c1)c1ccc(F)cc1F. The lowest BCUT2D eigenvalue weighted by Crippen LogP contribution is -2.11. The zero-order valence-electron chi connectivity index (χ0n) is 13.3. The van der Waals surface area contributed by atoms with Crippen LogP contribution in [-0.4, -0.2) is 36.7 Å². The molecule has 0 spiro atoms. The molecule has 0 aliphatic rings. The fourth-order valence-electron chi connectivity index (χ4n) is 2.45. The van der Waals surface area contributed by atoms with Gasteiger partial charge in [-0.15, -0.1) is 0 Å². The molecule has 25 heavy (non-hydrogen) atoms. The topological polar surface area (TPSA) is 73.6 Å². The van der Waals surface area contributed by atoms with Gasteiger partial charge in [0, 0.05) is 22.6 Å². The molecule has 0 bridgehead atoms. The van der Waals surface area contributed by atoms with Gasteiger partial charge < -0.3 is 4.84 Å². The second kappa shape index (κ2) is 6.25. The summed E-state index contributed by atoms with van der Waals surface area (Å²) in [5, 5.41) is 8.20. The summed E-state index contributed by atoms with van der Waals surface area (Å²) in [4.78, 5) is 4.78. The first-order chi connectivity index (χ1) is 11.8. The molecule has 0 amide bonds. The maximum absolute atomic E-state index is 14.1. The van der Waals surface area contributed by atoms with E-state index in [-0.39, 0.29) is 11.3 Å². The van der Waals surface area contributed by atoms with Crippen molar-refractivity contribution in [1.82, 2.24) is 9.19 Å². The predicted octanol–water partition coefficient (Wildman–Crippen LogP) is 2.52. The van der Waals surface area contributed by atoms with Crippen LogP contribution in [0.4, 0.5) is 8.78 Å². The van der Waals surface area contributed by atoms with Gasteiger partial charge in [-0.05, 0) is 24.3 Å². The Hall–Kier alpha value is -2.81. The van der Waals surface area contributed by atoms with Gasteiger partial charge in [0.2, 0.25) is 0 Å². The van der Waals surface area contributed by atoms with Crippen LogP contribution >= 0.6 is 0 Å². The van der Waals surface area contributed by atoms with Crippen molar-refractivity contribution in [2.45, 2.75) is 0 Å². The van der Waals surface area contributed by atoms with Gasteiger partial charge in [-0.3, -0.25) is 0 Å². The maximum atomic E-state index is 14.1. The molecule has 1 aromatic heterocycles. The zero-order chi connectivity index (χ0) is 18.2. The van der Waals surface area contributed by atoms with Gasteiger partial charge in [-0.25, -0.2) is 17.2 Å². The Labute approximate surface area is 142 Å². The van der Waals surface area contributed by atoms with E-state index in [9.17, 15) is 17.2 Å². The third-order valence-electron chi connectivity index (χ3n) is 3.49. The average molecular weight is 365 g/mol. The molecule has 0 fully saturated rings. The average Bonchev–Trinajstić information content (AvgIpc) is 2.96. The second-order valence-corrected chi connectivity index (χ2v) is 7.08. The first kappa shape index (κ1) is 17.0. The van der Waals surface area contributed by atoms with Crippen LogP contribution in [0.25, 0.3) is 10.9 Å². The fourth-order valence-corrected chi connectivity index (χ4v) is 3.19. The highest BCUT2D eigenvalue weighted by Crippen LogP contribution is 2.21. The lowest BCUT2D eigenvalue weighted by molar-refractivity contribution is 0.214. The van der Waals surface area contributed by atoms with Gasteiger partial charge in [0.05, 0.1) is 18.0 Å². The van der Waals surface area contributed by atoms with Crippen LogP contribution in [0.3, 0.4) is 0 Å². The maximum Gasteiger partial charge on any atom is 0.251 e. The van der Waals surface area contributed by atoms with Gasteiger partial charge in [0.15, 0.2) is 0 Å². The molecule has 6 nitrogen and oxygen atoms in total. The third-order valence-corrected chi connectivity index (χ3v) is 4.41. The first-order valence-electron chi connectivity index (χ1n) is 7.06. The molecule has 130 valence electrons. The van der Waals surface area contributed by atoms with Crippen molar-refractivity contribution in [2.24, 2.45) is 5.16 Å². The molecule has 0 aliphatic heterocycles. The molecule has 2 aromatic carbocycles. The number of fused-ring (bicyclic) bond motifs is 1. The molecular formula is C16H13F2N3O3S. The van der Waals surface area contributed by atoms with Crippen molar-refractivity contribution >= 4 is 26.6 Å². The summed E-state index contributed by atoms with van der Waals surface area (Å²) >= 11 is 0. The summed E-state index contributed by atoms with van der Waals surface area (Å²) in [5.41, 5.74) is 1.04. The van der Waals surface area contributed by atoms with Gasteiger partial charge >= 0.3 is 0 Å². The number of hydrogen-bond acceptors (Lipinski definition) is 5. The van der Waals surface area contributed by atoms with Crippen molar-refractivity contribution in [3.05, 3.63) is 65.4 Å². The van der Waals surface area contributed by atoms with Crippen LogP contribution in [0.2, 0.25) is 0 Å². The summed E-state index contributed by atoms with van der Waals surface area (Å²) in [5.74, 6) is -1.49. The normalized spacial score (nSPS) is 12.6. The molecule has 9 heteroatoms. The number of nitrogens with zero attached hydrogens (tertiary/aromatic N) is 3. The number of oxime groups is 1. The third kappa shape index (κ3) is 3.22. The lowest BCUT2D eigenvalue weighted by atomic mass is 10.0. The fraction of sp³-hybridized carbons (Fsp3) is 0.125. The quantitative estimate of drug-likeness (QED) is 0.526. The second-order valence-electron chi connectivity index (χ2n) is 5.27. The predicted molar refractivity (Wildman–Crippen MR) is 89.0 cm³/mol. The molecule has 0 atom stereocenters. The standard InChI is InChI=1S/C16H13F2N3O3S/c1-24-20-16(13-5-4-12(17)8-14(13)18)10-3-6-15-11(7-10)9-19-21(15)25(2,22)23/h3-9H,1-2H3/b20-16-. The van der Waals surface area contributed by atoms with E-state index in [4.69, 9.17) is 4.84 Å². The van der Waals surface area contributed by atoms with Crippen molar-refractivity contribution in [2.75, 3.05) is 13.4 Å². The molecule has 0 unspecified atom stereocenters. The van der Waals surface area contributed by atoms with Crippen LogP contribution in [-0.2, 0) is 14.9 Å². The molecule has 1 heterocycles. The Bertz CT molecular complexity index is 1090. The van der Waals surface area contributed by atoms with Crippen molar-refractivity contribution in [1.29, 1.82) is 0 Å². The molecule has 0 aliphatic carbocycles. The van der Waals surface area contributed by atoms with Gasteiger partial charge in [0.1, 0.15) is 24.5 Å². The number of rotatable bonds is 4. The highest BCUT2D eigenvalue weighted by molar-refractivity contribution is 7.89. The Morgan fingerprint density at radius 1 is 1.20 bits per heavy atom. The van der Waals surface area contributed by atoms with E-state index in [2.05, 4.69) is 10.3 Å². The van der Waals surface area contributed by atoms with Crippen LogP contribution in [0.15, 0.2) is 47.8 Å². The molecule has 0 N–H and O–H groups in total. The minimum Gasteiger partial charge on any atom is -0.399 e. The van der Waals surface area contributed by atoms with Crippen molar-refractivity contribution in [3.63, 3.8) is 0 Å². The van der Waals surface area contributed by atoms with E-state index in [1.165, 1.54) is 25.4 Å². The summed E-state index contributed by atoms with van der Waals surface area (Å²) in [6, 6.07) is 7.82. The summed E-state index contributed by atoms with van der Waals surface area (Å²) in [6.45, 7) is 0. The summed E-state index contributed by atoms with van der Waals surface area (Å²) in [6.07, 6.45) is 2.42. The zero-order valence-corrected chi connectivity index (χ0v) is 14.1. The Morgan fingerprint density at radius 2 is 1.96 bits per heavy atom. The van der Waals surface area contributed by atoms with Crippen LogP contribution < -0.4 is 0 Å². The smallest absolute Gasteiger partial charge is 0.251 e. The monoisotopic (exact) mass is 365 g/mol. The number of benzene rings is 2. The van der Waals surface area contributed by atoms with E-state index < -0.39 is 21.7 Å². The van der Waals surface area contributed by atoms with Crippen LogP contribution in [0.5, 0.6) is 0 Å². The van der Waals surface area contributed by atoms with Crippen LogP contribution in [0.1, 0.15) is 11.1 Å². The van der Waals surface area contributed by atoms with E-state index in [0.29, 0.717) is 16.5 Å². The number of halogens is 2. The molecule has 0 radical (unpaired) electrons. The first-order valence-corrected chi connectivity index (χ1v) is 8.91. The van der Waals surface area contributed by atoms with Crippen molar-refractivity contribution in [3.8, 4) is 0 Å². The van der Waals surface area contributed by atoms with Gasteiger partial charge in [0.25, 0.3) is 10.0 Å². The Morgan fingerprint density at radius 3 is 2.60 bits per heavy atom. The Balaban J connectivity index is 2.17. The number of aromatic nitrogens is 2. The Kier molecular flexibility index (Phi) is 4.25. The van der Waals surface area contributed by atoms with E-state index in [0.717, 1.165) is 22.5 Å². The van der Waals surface area contributed by atoms with E-state index in [1.54, 1.807) is 12.1 Å². The highest BCUT2D eigenvalue weighted by atomic mass is 32.2. The van der Waals surface area contributed by atoms with Crippen LogP contribution in [0, 0.1) is 11.6 Å². The lowest BCUT2D eigenvalue weighted by Gasteiger charge is -2.08. The molecule has 0 saturated heterocycles. The van der Waals surface area contributed by atoms with Gasteiger partial charge in [-0.1, -0.05) is 11.2 Å². The van der Waals surface area contributed by atoms with E-state index >= 15 is 0 Å². The highest BCUT2D eigenvalue weighted by Gasteiger charge is 2.17. The summed E-state index contributed by atoms with van der Waals surface area (Å²) in [7, 11) is -2.24. The minimum atomic E-state index is -3.54. The molecule has 3 rings (SSSR count). The molecular weight excluding hydrogens is 352 g/mol.